The van der Waals surface area contributed by atoms with Crippen LogP contribution in [-0.2, 0) is 19.1 Å². The van der Waals surface area contributed by atoms with Gasteiger partial charge in [0.1, 0.15) is 17.3 Å². The van der Waals surface area contributed by atoms with Gasteiger partial charge in [-0.1, -0.05) is 0 Å². The van der Waals surface area contributed by atoms with Gasteiger partial charge in [0.15, 0.2) is 0 Å². The van der Waals surface area contributed by atoms with Crippen LogP contribution in [-0.4, -0.2) is 48.8 Å². The van der Waals surface area contributed by atoms with E-state index in [1.54, 1.807) is 33.8 Å². The summed E-state index contributed by atoms with van der Waals surface area (Å²) in [4.78, 5) is 49.6. The lowest BCUT2D eigenvalue weighted by Gasteiger charge is -2.24. The summed E-state index contributed by atoms with van der Waals surface area (Å²) in [6.07, 6.45) is -0.930. The molecule has 0 N–H and O–H groups in total. The molecule has 10 heteroatoms. The fraction of sp³-hybridized carbons (Fsp3) is 0.526. The number of carbonyl (C=O) groups is 3. The maximum Gasteiger partial charge on any atom is 0.421 e. The first-order chi connectivity index (χ1) is 13.5. The van der Waals surface area contributed by atoms with Crippen LogP contribution in [0.15, 0.2) is 18.2 Å². The Labute approximate surface area is 167 Å². The quantitative estimate of drug-likeness (QED) is 0.399. The standard InChI is InChI=1S/C19H24N2O8/c1-6-28-17(23)13(10-20(25)26)15-12-9-11(27-5)7-8-14(12)21(16(15)22)18(24)29-19(2,3)4/h7-9,13,15H,6,10H2,1-5H3/t13-,15+/m0/s1. The molecule has 2 rings (SSSR count). The Morgan fingerprint density at radius 3 is 2.48 bits per heavy atom. The van der Waals surface area contributed by atoms with Gasteiger partial charge in [-0.05, 0) is 51.5 Å². The number of amides is 2. The molecule has 0 spiro atoms. The highest BCUT2D eigenvalue weighted by Gasteiger charge is 2.50. The summed E-state index contributed by atoms with van der Waals surface area (Å²) in [6, 6.07) is 4.50. The van der Waals surface area contributed by atoms with Crippen molar-refractivity contribution in [2.24, 2.45) is 5.92 Å². The van der Waals surface area contributed by atoms with Crippen molar-refractivity contribution in [2.75, 3.05) is 25.2 Å². The zero-order valence-electron chi connectivity index (χ0n) is 17.0. The van der Waals surface area contributed by atoms with E-state index in [1.807, 2.05) is 0 Å². The lowest BCUT2D eigenvalue weighted by atomic mass is 9.86. The molecule has 0 unspecified atom stereocenters. The van der Waals surface area contributed by atoms with E-state index in [4.69, 9.17) is 14.2 Å². The summed E-state index contributed by atoms with van der Waals surface area (Å²) in [5.41, 5.74) is -0.420. The summed E-state index contributed by atoms with van der Waals surface area (Å²) in [6.45, 7) is 5.66. The van der Waals surface area contributed by atoms with Crippen molar-refractivity contribution in [3.8, 4) is 5.75 Å². The molecule has 0 radical (unpaired) electrons. The Morgan fingerprint density at radius 2 is 1.97 bits per heavy atom. The molecule has 0 saturated carbocycles. The number of hydrogen-bond donors (Lipinski definition) is 0. The lowest BCUT2D eigenvalue weighted by molar-refractivity contribution is -0.486. The van der Waals surface area contributed by atoms with Crippen LogP contribution in [0.2, 0.25) is 0 Å². The second-order valence-electron chi connectivity index (χ2n) is 7.43. The molecular formula is C19H24N2O8. The summed E-state index contributed by atoms with van der Waals surface area (Å²) in [7, 11) is 1.42. The third-order valence-electron chi connectivity index (χ3n) is 4.21. The summed E-state index contributed by atoms with van der Waals surface area (Å²) < 4.78 is 15.4. The molecule has 2 amide bonds. The van der Waals surface area contributed by atoms with Crippen molar-refractivity contribution < 1.29 is 33.5 Å². The maximum atomic E-state index is 13.2. The Bertz CT molecular complexity index is 830. The van der Waals surface area contributed by atoms with E-state index in [-0.39, 0.29) is 17.9 Å². The predicted molar refractivity (Wildman–Crippen MR) is 101 cm³/mol. The van der Waals surface area contributed by atoms with Crippen LogP contribution in [0.1, 0.15) is 39.2 Å². The SMILES string of the molecule is CCOC(=O)[C@@H](C[N+](=O)[O-])[C@@H]1C(=O)N(C(=O)OC(C)(C)C)c2ccc(OC)cc21. The van der Waals surface area contributed by atoms with Gasteiger partial charge in [0.2, 0.25) is 12.5 Å². The molecule has 1 aliphatic heterocycles. The van der Waals surface area contributed by atoms with Crippen molar-refractivity contribution in [1.29, 1.82) is 0 Å². The molecule has 29 heavy (non-hydrogen) atoms. The number of ether oxygens (including phenoxy) is 3. The number of carbonyl (C=O) groups excluding carboxylic acids is 3. The number of fused-ring (bicyclic) bond motifs is 1. The number of nitro groups is 1. The van der Waals surface area contributed by atoms with E-state index in [1.165, 1.54) is 19.2 Å². The Morgan fingerprint density at radius 1 is 1.31 bits per heavy atom. The largest absolute Gasteiger partial charge is 0.497 e. The van der Waals surface area contributed by atoms with Crippen molar-refractivity contribution in [1.82, 2.24) is 0 Å². The number of nitrogens with zero attached hydrogens (tertiary/aromatic N) is 2. The Kier molecular flexibility index (Phi) is 6.45. The van der Waals surface area contributed by atoms with E-state index in [2.05, 4.69) is 0 Å². The highest BCUT2D eigenvalue weighted by atomic mass is 16.6. The number of rotatable bonds is 6. The molecule has 1 aromatic rings. The number of benzene rings is 1. The van der Waals surface area contributed by atoms with Crippen LogP contribution < -0.4 is 9.64 Å². The van der Waals surface area contributed by atoms with Crippen molar-refractivity contribution >= 4 is 23.7 Å². The van der Waals surface area contributed by atoms with Gasteiger partial charge in [0, 0.05) is 4.92 Å². The van der Waals surface area contributed by atoms with Gasteiger partial charge >= 0.3 is 12.1 Å². The topological polar surface area (TPSA) is 125 Å². The number of anilines is 1. The molecule has 10 nitrogen and oxygen atoms in total. The van der Waals surface area contributed by atoms with E-state index < -0.39 is 46.9 Å². The van der Waals surface area contributed by atoms with Crippen LogP contribution in [0.25, 0.3) is 0 Å². The van der Waals surface area contributed by atoms with Crippen molar-refractivity contribution in [3.05, 3.63) is 33.9 Å². The molecule has 0 saturated heterocycles. The first-order valence-corrected chi connectivity index (χ1v) is 9.03. The van der Waals surface area contributed by atoms with Gasteiger partial charge < -0.3 is 14.2 Å². The monoisotopic (exact) mass is 408 g/mol. The Hall–Kier alpha value is -3.17. The fourth-order valence-electron chi connectivity index (χ4n) is 3.11. The second kappa shape index (κ2) is 8.46. The van der Waals surface area contributed by atoms with E-state index >= 15 is 0 Å². The minimum Gasteiger partial charge on any atom is -0.497 e. The summed E-state index contributed by atoms with van der Waals surface area (Å²) in [5.74, 6) is -3.99. The van der Waals surface area contributed by atoms with Crippen LogP contribution in [0.4, 0.5) is 10.5 Å². The zero-order valence-corrected chi connectivity index (χ0v) is 17.0. The molecule has 0 fully saturated rings. The van der Waals surface area contributed by atoms with Gasteiger partial charge in [0.25, 0.3) is 0 Å². The van der Waals surface area contributed by atoms with Crippen LogP contribution in [0.3, 0.4) is 0 Å². The zero-order chi connectivity index (χ0) is 21.9. The molecule has 158 valence electrons. The third kappa shape index (κ3) is 4.82. The van der Waals surface area contributed by atoms with E-state index in [0.717, 1.165) is 4.90 Å². The highest BCUT2D eigenvalue weighted by molar-refractivity contribution is 6.20. The van der Waals surface area contributed by atoms with Gasteiger partial charge in [-0.2, -0.15) is 0 Å². The van der Waals surface area contributed by atoms with Crippen LogP contribution in [0.5, 0.6) is 5.75 Å². The number of imide groups is 1. The second-order valence-corrected chi connectivity index (χ2v) is 7.43. The minimum atomic E-state index is -1.41. The first-order valence-electron chi connectivity index (χ1n) is 9.03. The fourth-order valence-corrected chi connectivity index (χ4v) is 3.11. The number of methoxy groups -OCH3 is 1. The highest BCUT2D eigenvalue weighted by Crippen LogP contribution is 2.44. The molecule has 0 aromatic heterocycles. The summed E-state index contributed by atoms with van der Waals surface area (Å²) >= 11 is 0. The van der Waals surface area contributed by atoms with Crippen LogP contribution in [0, 0.1) is 16.0 Å². The van der Waals surface area contributed by atoms with E-state index in [0.29, 0.717) is 5.75 Å². The maximum absolute atomic E-state index is 13.2. The molecule has 2 atom stereocenters. The summed E-state index contributed by atoms with van der Waals surface area (Å²) in [5, 5.41) is 11.2. The van der Waals surface area contributed by atoms with Gasteiger partial charge in [-0.25, -0.2) is 9.69 Å². The average molecular weight is 408 g/mol. The minimum absolute atomic E-state index is 0.00525. The molecule has 1 aromatic carbocycles. The normalized spacial score (nSPS) is 16.8. The van der Waals surface area contributed by atoms with Crippen molar-refractivity contribution in [3.63, 3.8) is 0 Å². The van der Waals surface area contributed by atoms with E-state index in [9.17, 15) is 24.5 Å². The predicted octanol–water partition coefficient (Wildman–Crippen LogP) is 2.52. The van der Waals surface area contributed by atoms with Gasteiger partial charge in [-0.3, -0.25) is 19.7 Å². The lowest BCUT2D eigenvalue weighted by Crippen LogP contribution is -2.42. The number of hydrogen-bond acceptors (Lipinski definition) is 8. The van der Waals surface area contributed by atoms with Gasteiger partial charge in [-0.15, -0.1) is 0 Å². The average Bonchev–Trinajstić information content (AvgIpc) is 2.89. The van der Waals surface area contributed by atoms with Crippen molar-refractivity contribution in [2.45, 2.75) is 39.2 Å². The van der Waals surface area contributed by atoms with Crippen LogP contribution >= 0.6 is 0 Å². The molecule has 1 aliphatic rings. The number of esters is 1. The smallest absolute Gasteiger partial charge is 0.421 e. The molecule has 0 bridgehead atoms. The van der Waals surface area contributed by atoms with Gasteiger partial charge in [0.05, 0.1) is 25.3 Å². The third-order valence-corrected chi connectivity index (χ3v) is 4.21. The Balaban J connectivity index is 2.57. The molecule has 1 heterocycles. The first kappa shape index (κ1) is 22.1. The molecule has 0 aliphatic carbocycles. The molecular weight excluding hydrogens is 384 g/mol.